The SMILES string of the molecule is CC(C)(C)OC(=O)N1CCC(C(=O)Nc2ccc(NC(N)=O)cc2)CC1. The number of carbonyl (C=O) groups is 3. The molecule has 0 radical (unpaired) electrons. The lowest BCUT2D eigenvalue weighted by Crippen LogP contribution is -2.43. The number of piperidine rings is 1. The molecule has 1 heterocycles. The molecule has 1 aliphatic rings. The van der Waals surface area contributed by atoms with Gasteiger partial charge >= 0.3 is 12.1 Å². The molecule has 1 saturated heterocycles. The summed E-state index contributed by atoms with van der Waals surface area (Å²) in [6, 6.07) is 6.06. The van der Waals surface area contributed by atoms with Crippen molar-refractivity contribution in [2.24, 2.45) is 11.7 Å². The monoisotopic (exact) mass is 362 g/mol. The van der Waals surface area contributed by atoms with Crippen LogP contribution in [0.4, 0.5) is 21.0 Å². The maximum atomic E-state index is 12.4. The number of anilines is 2. The van der Waals surface area contributed by atoms with Crippen molar-refractivity contribution in [3.05, 3.63) is 24.3 Å². The summed E-state index contributed by atoms with van der Waals surface area (Å²) in [6.45, 7) is 6.48. The molecule has 0 saturated carbocycles. The van der Waals surface area contributed by atoms with Crippen LogP contribution >= 0.6 is 0 Å². The Kier molecular flexibility index (Phi) is 6.07. The summed E-state index contributed by atoms with van der Waals surface area (Å²) >= 11 is 0. The highest BCUT2D eigenvalue weighted by Crippen LogP contribution is 2.22. The van der Waals surface area contributed by atoms with Crippen LogP contribution in [-0.2, 0) is 9.53 Å². The van der Waals surface area contributed by atoms with E-state index in [-0.39, 0.29) is 17.9 Å². The van der Waals surface area contributed by atoms with Crippen LogP contribution in [0.5, 0.6) is 0 Å². The van der Waals surface area contributed by atoms with E-state index < -0.39 is 11.6 Å². The predicted octanol–water partition coefficient (Wildman–Crippen LogP) is 2.76. The van der Waals surface area contributed by atoms with E-state index >= 15 is 0 Å². The van der Waals surface area contributed by atoms with Crippen LogP contribution in [0, 0.1) is 5.92 Å². The fourth-order valence-corrected chi connectivity index (χ4v) is 2.67. The Hall–Kier alpha value is -2.77. The van der Waals surface area contributed by atoms with Crippen molar-refractivity contribution in [2.75, 3.05) is 23.7 Å². The third-order valence-corrected chi connectivity index (χ3v) is 3.94. The first-order chi connectivity index (χ1) is 12.1. The fraction of sp³-hybridized carbons (Fsp3) is 0.500. The first-order valence-corrected chi connectivity index (χ1v) is 8.59. The molecule has 2 rings (SSSR count). The van der Waals surface area contributed by atoms with Crippen LogP contribution < -0.4 is 16.4 Å². The van der Waals surface area contributed by atoms with E-state index in [4.69, 9.17) is 10.5 Å². The van der Waals surface area contributed by atoms with Gasteiger partial charge in [0.2, 0.25) is 5.91 Å². The molecule has 8 heteroatoms. The van der Waals surface area contributed by atoms with Gasteiger partial charge in [0.15, 0.2) is 0 Å². The maximum absolute atomic E-state index is 12.4. The minimum Gasteiger partial charge on any atom is -0.444 e. The molecule has 0 aromatic heterocycles. The molecule has 1 aromatic carbocycles. The van der Waals surface area contributed by atoms with Crippen LogP contribution in [0.2, 0.25) is 0 Å². The number of hydrogen-bond donors (Lipinski definition) is 3. The molecule has 26 heavy (non-hydrogen) atoms. The number of amides is 4. The van der Waals surface area contributed by atoms with Gasteiger partial charge in [-0.3, -0.25) is 4.79 Å². The van der Waals surface area contributed by atoms with Gasteiger partial charge in [0.1, 0.15) is 5.60 Å². The van der Waals surface area contributed by atoms with Crippen LogP contribution in [-0.4, -0.2) is 41.6 Å². The number of urea groups is 1. The molecule has 0 spiro atoms. The lowest BCUT2D eigenvalue weighted by Gasteiger charge is -2.32. The molecule has 0 unspecified atom stereocenters. The Balaban J connectivity index is 1.83. The molecule has 0 bridgehead atoms. The van der Waals surface area contributed by atoms with Crippen molar-refractivity contribution < 1.29 is 19.1 Å². The molecule has 4 amide bonds. The van der Waals surface area contributed by atoms with Crippen molar-refractivity contribution in [1.82, 2.24) is 4.90 Å². The third kappa shape index (κ3) is 5.94. The van der Waals surface area contributed by atoms with Gasteiger partial charge in [-0.05, 0) is 57.9 Å². The molecule has 142 valence electrons. The van der Waals surface area contributed by atoms with Gasteiger partial charge < -0.3 is 26.0 Å². The molecule has 0 aliphatic carbocycles. The Bertz CT molecular complexity index is 659. The molecular formula is C18H26N4O4. The van der Waals surface area contributed by atoms with Gasteiger partial charge in [-0.2, -0.15) is 0 Å². The number of rotatable bonds is 3. The topological polar surface area (TPSA) is 114 Å². The van der Waals surface area contributed by atoms with E-state index in [1.54, 1.807) is 29.2 Å². The van der Waals surface area contributed by atoms with Crippen LogP contribution in [0.3, 0.4) is 0 Å². The fourth-order valence-electron chi connectivity index (χ4n) is 2.67. The lowest BCUT2D eigenvalue weighted by molar-refractivity contribution is -0.121. The van der Waals surface area contributed by atoms with Gasteiger partial charge in [0, 0.05) is 30.4 Å². The smallest absolute Gasteiger partial charge is 0.410 e. The second-order valence-corrected chi connectivity index (χ2v) is 7.30. The van der Waals surface area contributed by atoms with Crippen molar-refractivity contribution in [3.8, 4) is 0 Å². The summed E-state index contributed by atoms with van der Waals surface area (Å²) in [5, 5.41) is 5.31. The maximum Gasteiger partial charge on any atom is 0.410 e. The van der Waals surface area contributed by atoms with Gasteiger partial charge in [-0.15, -0.1) is 0 Å². The zero-order valence-electron chi connectivity index (χ0n) is 15.4. The number of nitrogens with one attached hydrogen (secondary N) is 2. The Morgan fingerprint density at radius 3 is 2.00 bits per heavy atom. The van der Waals surface area contributed by atoms with E-state index in [1.807, 2.05) is 20.8 Å². The third-order valence-electron chi connectivity index (χ3n) is 3.94. The summed E-state index contributed by atoms with van der Waals surface area (Å²) in [5.74, 6) is -0.235. The summed E-state index contributed by atoms with van der Waals surface area (Å²) < 4.78 is 5.35. The van der Waals surface area contributed by atoms with Gasteiger partial charge in [-0.1, -0.05) is 0 Å². The molecule has 0 atom stereocenters. The van der Waals surface area contributed by atoms with Crippen LogP contribution in [0.1, 0.15) is 33.6 Å². The number of nitrogens with zero attached hydrogens (tertiary/aromatic N) is 1. The van der Waals surface area contributed by atoms with E-state index in [1.165, 1.54) is 0 Å². The zero-order chi connectivity index (χ0) is 19.3. The van der Waals surface area contributed by atoms with Crippen LogP contribution in [0.25, 0.3) is 0 Å². The highest BCUT2D eigenvalue weighted by Gasteiger charge is 2.29. The molecule has 1 aliphatic heterocycles. The first-order valence-electron chi connectivity index (χ1n) is 8.59. The highest BCUT2D eigenvalue weighted by molar-refractivity contribution is 5.93. The second-order valence-electron chi connectivity index (χ2n) is 7.30. The molecule has 4 N–H and O–H groups in total. The van der Waals surface area contributed by atoms with Crippen molar-refractivity contribution in [1.29, 1.82) is 0 Å². The highest BCUT2D eigenvalue weighted by atomic mass is 16.6. The summed E-state index contributed by atoms with van der Waals surface area (Å²) in [6.07, 6.45) is 0.840. The number of nitrogens with two attached hydrogens (primary N) is 1. The largest absolute Gasteiger partial charge is 0.444 e. The number of carbonyl (C=O) groups excluding carboxylic acids is 3. The van der Waals surface area contributed by atoms with Crippen molar-refractivity contribution in [3.63, 3.8) is 0 Å². The molecule has 1 fully saturated rings. The van der Waals surface area contributed by atoms with Crippen molar-refractivity contribution in [2.45, 2.75) is 39.2 Å². The molecule has 1 aromatic rings. The first kappa shape index (κ1) is 19.6. The molecular weight excluding hydrogens is 336 g/mol. The summed E-state index contributed by atoms with van der Waals surface area (Å²) in [7, 11) is 0. The number of hydrogen-bond acceptors (Lipinski definition) is 4. The minimum atomic E-state index is -0.640. The Morgan fingerprint density at radius 2 is 1.54 bits per heavy atom. The van der Waals surface area contributed by atoms with Gasteiger partial charge in [-0.25, -0.2) is 9.59 Å². The minimum absolute atomic E-state index is 0.0792. The van der Waals surface area contributed by atoms with Gasteiger partial charge in [0.25, 0.3) is 0 Å². The summed E-state index contributed by atoms with van der Waals surface area (Å²) in [5.41, 5.74) is 5.72. The zero-order valence-corrected chi connectivity index (χ0v) is 15.4. The Morgan fingerprint density at radius 1 is 1.04 bits per heavy atom. The lowest BCUT2D eigenvalue weighted by atomic mass is 9.96. The predicted molar refractivity (Wildman–Crippen MR) is 98.8 cm³/mol. The average molecular weight is 362 g/mol. The number of benzene rings is 1. The second kappa shape index (κ2) is 8.07. The number of primary amides is 1. The Labute approximate surface area is 153 Å². The van der Waals surface area contributed by atoms with Gasteiger partial charge in [0.05, 0.1) is 0 Å². The normalized spacial score (nSPS) is 15.3. The average Bonchev–Trinajstić information content (AvgIpc) is 2.55. The quantitative estimate of drug-likeness (QED) is 0.767. The van der Waals surface area contributed by atoms with E-state index in [9.17, 15) is 14.4 Å². The molecule has 8 nitrogen and oxygen atoms in total. The van der Waals surface area contributed by atoms with Crippen molar-refractivity contribution >= 4 is 29.4 Å². The van der Waals surface area contributed by atoms with E-state index in [0.29, 0.717) is 37.3 Å². The number of ether oxygens (including phenoxy) is 1. The van der Waals surface area contributed by atoms with E-state index in [2.05, 4.69) is 10.6 Å². The van der Waals surface area contributed by atoms with Crippen LogP contribution in [0.15, 0.2) is 24.3 Å². The number of likely N-dealkylation sites (tertiary alicyclic amines) is 1. The summed E-state index contributed by atoms with van der Waals surface area (Å²) in [4.78, 5) is 36.9. The standard InChI is InChI=1S/C18H26N4O4/c1-18(2,3)26-17(25)22-10-8-12(9-11-22)15(23)20-13-4-6-14(7-5-13)21-16(19)24/h4-7,12H,8-11H2,1-3H3,(H,20,23)(H3,19,21,24). The van der Waals surface area contributed by atoms with E-state index in [0.717, 1.165) is 0 Å².